The summed E-state index contributed by atoms with van der Waals surface area (Å²) in [6.45, 7) is 6.25. The molecule has 1 aromatic heterocycles. The quantitative estimate of drug-likeness (QED) is 0.0414. The van der Waals surface area contributed by atoms with Crippen LogP contribution in [-0.2, 0) is 34.6 Å². The Morgan fingerprint density at radius 2 is 1.71 bits per heavy atom. The lowest BCUT2D eigenvalue weighted by Gasteiger charge is -2.32. The van der Waals surface area contributed by atoms with Gasteiger partial charge in [-0.3, -0.25) is 23.8 Å². The molecule has 0 fully saturated rings. The fourth-order valence-electron chi connectivity index (χ4n) is 5.32. The van der Waals surface area contributed by atoms with Gasteiger partial charge in [-0.05, 0) is 55.7 Å². The van der Waals surface area contributed by atoms with Crippen LogP contribution in [0, 0.1) is 5.92 Å². The van der Waals surface area contributed by atoms with Crippen molar-refractivity contribution in [2.75, 3.05) is 27.5 Å². The van der Waals surface area contributed by atoms with Crippen molar-refractivity contribution < 1.29 is 42.0 Å². The van der Waals surface area contributed by atoms with Crippen molar-refractivity contribution in [2.24, 2.45) is 5.92 Å². The predicted octanol–water partition coefficient (Wildman–Crippen LogP) is 6.22. The second kappa shape index (κ2) is 19.8. The highest BCUT2D eigenvalue weighted by Crippen LogP contribution is 2.46. The first-order valence-electron chi connectivity index (χ1n) is 16.3. The number of benzene rings is 2. The zero-order valence-corrected chi connectivity index (χ0v) is 29.3. The van der Waals surface area contributed by atoms with Crippen LogP contribution in [-0.4, -0.2) is 56.8 Å². The first-order valence-corrected chi connectivity index (χ1v) is 17.8. The number of amides is 3. The van der Waals surface area contributed by atoms with E-state index < -0.39 is 25.5 Å². The predicted molar refractivity (Wildman–Crippen MR) is 183 cm³/mol. The Hall–Kier alpha value is -3.96. The second-order valence-electron chi connectivity index (χ2n) is 11.1. The Bertz CT molecular complexity index is 1490. The highest BCUT2D eigenvalue weighted by Gasteiger charge is 2.32. The number of furan rings is 1. The third-order valence-corrected chi connectivity index (χ3v) is 9.72. The Kier molecular flexibility index (Phi) is 15.8. The zero-order chi connectivity index (χ0) is 34.9. The number of carbonyl (C=O) groups excluding carboxylic acids is 3. The van der Waals surface area contributed by atoms with Gasteiger partial charge in [0.25, 0.3) is 5.91 Å². The SMILES string of the molecule is CCCCCC[C@@H](C(=O)NCNC(=O)c1ccc(-c2cc(OCC)cc(P(=O)(OC)OC)c2)o1)[C@@H](CC)N(C=O)OCc1ccccc1. The first-order chi connectivity index (χ1) is 23.2. The molecule has 0 spiro atoms. The van der Waals surface area contributed by atoms with Gasteiger partial charge in [0.2, 0.25) is 12.3 Å². The summed E-state index contributed by atoms with van der Waals surface area (Å²) in [7, 11) is -1.01. The summed E-state index contributed by atoms with van der Waals surface area (Å²) < 4.78 is 34.8. The molecule has 2 N–H and O–H groups in total. The number of rotatable bonds is 22. The molecule has 1 heterocycles. The number of nitrogens with one attached hydrogen (secondary N) is 2. The molecule has 3 aromatic rings. The van der Waals surface area contributed by atoms with E-state index in [-0.39, 0.29) is 30.2 Å². The van der Waals surface area contributed by atoms with Gasteiger partial charge in [0.05, 0.1) is 30.5 Å². The van der Waals surface area contributed by atoms with Gasteiger partial charge in [0.1, 0.15) is 18.1 Å². The minimum absolute atomic E-state index is 0.00766. The minimum Gasteiger partial charge on any atom is -0.494 e. The van der Waals surface area contributed by atoms with E-state index in [1.807, 2.05) is 44.2 Å². The number of hydroxylamine groups is 2. The van der Waals surface area contributed by atoms with E-state index in [9.17, 15) is 18.9 Å². The van der Waals surface area contributed by atoms with Crippen LogP contribution in [0.3, 0.4) is 0 Å². The summed E-state index contributed by atoms with van der Waals surface area (Å²) in [4.78, 5) is 44.5. The van der Waals surface area contributed by atoms with Crippen LogP contribution in [0.15, 0.2) is 65.1 Å². The van der Waals surface area contributed by atoms with Crippen molar-refractivity contribution in [1.29, 1.82) is 0 Å². The molecule has 0 aliphatic heterocycles. The van der Waals surface area contributed by atoms with Gasteiger partial charge in [0, 0.05) is 19.8 Å². The van der Waals surface area contributed by atoms with Crippen molar-refractivity contribution in [3.8, 4) is 17.1 Å². The molecule has 0 unspecified atom stereocenters. The molecule has 0 bridgehead atoms. The lowest BCUT2D eigenvalue weighted by Crippen LogP contribution is -2.48. The summed E-state index contributed by atoms with van der Waals surface area (Å²) in [6, 6.07) is 17.0. The Balaban J connectivity index is 1.69. The summed E-state index contributed by atoms with van der Waals surface area (Å²) in [5.74, 6) is -0.634. The maximum atomic E-state index is 13.5. The van der Waals surface area contributed by atoms with Crippen molar-refractivity contribution in [1.82, 2.24) is 15.7 Å². The zero-order valence-electron chi connectivity index (χ0n) is 28.4. The highest BCUT2D eigenvalue weighted by atomic mass is 31.2. The number of unbranched alkanes of at least 4 members (excludes halogenated alkanes) is 3. The number of carbonyl (C=O) groups is 3. The fraction of sp³-hybridized carbons (Fsp3) is 0.457. The van der Waals surface area contributed by atoms with Crippen LogP contribution in [0.4, 0.5) is 0 Å². The van der Waals surface area contributed by atoms with Gasteiger partial charge >= 0.3 is 7.60 Å². The van der Waals surface area contributed by atoms with Crippen molar-refractivity contribution in [3.63, 3.8) is 0 Å². The summed E-state index contributed by atoms with van der Waals surface area (Å²) in [6.07, 6.45) is 5.54. The molecule has 0 aliphatic carbocycles. The Morgan fingerprint density at radius 3 is 2.35 bits per heavy atom. The van der Waals surface area contributed by atoms with Crippen LogP contribution in [0.25, 0.3) is 11.3 Å². The smallest absolute Gasteiger partial charge is 0.360 e. The standard InChI is InChI=1S/C35H48N3O9P/c1-6-9-10-14-17-30(31(7-2)38(25-39)46-23-26-15-12-11-13-16-26)34(40)36-24-37-35(41)33-19-18-32(47-33)27-20-28(45-8-3)22-29(21-27)48(42,43-4)44-5/h11-13,15-16,18-22,25,30-31H,6-10,14,17,23-24H2,1-5H3,(H,36,40)(H,37,41)/t30-,31-/m1/s1. The summed E-state index contributed by atoms with van der Waals surface area (Å²) in [5, 5.41) is 6.98. The van der Waals surface area contributed by atoms with Gasteiger partial charge in [-0.15, -0.1) is 0 Å². The normalized spacial score (nSPS) is 12.6. The molecule has 48 heavy (non-hydrogen) atoms. The molecule has 0 aliphatic rings. The van der Waals surface area contributed by atoms with Crippen molar-refractivity contribution in [2.45, 2.75) is 71.9 Å². The number of ether oxygens (including phenoxy) is 1. The van der Waals surface area contributed by atoms with E-state index >= 15 is 0 Å². The molecular weight excluding hydrogens is 637 g/mol. The molecule has 3 rings (SSSR count). The van der Waals surface area contributed by atoms with Crippen LogP contribution in [0.2, 0.25) is 0 Å². The van der Waals surface area contributed by atoms with E-state index in [0.717, 1.165) is 31.2 Å². The monoisotopic (exact) mass is 685 g/mol. The lowest BCUT2D eigenvalue weighted by molar-refractivity contribution is -0.200. The van der Waals surface area contributed by atoms with Crippen LogP contribution in [0.5, 0.6) is 5.75 Å². The van der Waals surface area contributed by atoms with Gasteiger partial charge in [-0.25, -0.2) is 5.06 Å². The fourth-order valence-corrected chi connectivity index (χ4v) is 6.48. The maximum Gasteiger partial charge on any atom is 0.360 e. The van der Waals surface area contributed by atoms with E-state index in [0.29, 0.717) is 42.9 Å². The molecule has 2 atom stereocenters. The van der Waals surface area contributed by atoms with Crippen LogP contribution in [0.1, 0.15) is 75.4 Å². The highest BCUT2D eigenvalue weighted by molar-refractivity contribution is 7.62. The third-order valence-electron chi connectivity index (χ3n) is 7.87. The molecule has 262 valence electrons. The number of nitrogens with zero attached hydrogens (tertiary/aromatic N) is 1. The molecule has 0 saturated heterocycles. The topological polar surface area (TPSA) is 146 Å². The van der Waals surface area contributed by atoms with E-state index in [1.165, 1.54) is 25.3 Å². The lowest BCUT2D eigenvalue weighted by atomic mass is 9.90. The maximum absolute atomic E-state index is 13.5. The summed E-state index contributed by atoms with van der Waals surface area (Å²) in [5.41, 5.74) is 1.41. The Labute approximate surface area is 282 Å². The van der Waals surface area contributed by atoms with Crippen LogP contribution < -0.4 is 20.7 Å². The first kappa shape index (κ1) is 38.5. The number of hydrogen-bond donors (Lipinski definition) is 2. The Morgan fingerprint density at radius 1 is 0.958 bits per heavy atom. The molecule has 0 radical (unpaired) electrons. The van der Waals surface area contributed by atoms with Gasteiger partial charge in [-0.1, -0.05) is 69.9 Å². The minimum atomic E-state index is -3.60. The van der Waals surface area contributed by atoms with Gasteiger partial charge in [0.15, 0.2) is 5.76 Å². The van der Waals surface area contributed by atoms with Gasteiger partial charge in [-0.2, -0.15) is 0 Å². The molecule has 13 heteroatoms. The molecule has 2 aromatic carbocycles. The second-order valence-corrected chi connectivity index (χ2v) is 13.3. The van der Waals surface area contributed by atoms with E-state index in [4.69, 9.17) is 23.0 Å². The average Bonchev–Trinajstić information content (AvgIpc) is 3.61. The van der Waals surface area contributed by atoms with E-state index in [2.05, 4.69) is 17.6 Å². The average molecular weight is 686 g/mol. The third kappa shape index (κ3) is 10.8. The van der Waals surface area contributed by atoms with E-state index in [1.54, 1.807) is 24.3 Å². The molecular formula is C35H48N3O9P. The van der Waals surface area contributed by atoms with Crippen LogP contribution >= 0.6 is 7.60 Å². The number of hydrogen-bond acceptors (Lipinski definition) is 9. The van der Waals surface area contributed by atoms with Crippen molar-refractivity contribution in [3.05, 3.63) is 72.0 Å². The largest absolute Gasteiger partial charge is 0.494 e. The summed E-state index contributed by atoms with van der Waals surface area (Å²) >= 11 is 0. The van der Waals surface area contributed by atoms with Crippen molar-refractivity contribution >= 4 is 31.1 Å². The van der Waals surface area contributed by atoms with Gasteiger partial charge < -0.3 is 28.8 Å². The molecule has 3 amide bonds. The molecule has 0 saturated carbocycles. The molecule has 12 nitrogen and oxygen atoms in total.